The number of amides is 2. The molecular formula is C20H19ClN2O2. The van der Waals surface area contributed by atoms with Crippen molar-refractivity contribution in [2.24, 2.45) is 0 Å². The van der Waals surface area contributed by atoms with Crippen LogP contribution in [-0.4, -0.2) is 17.9 Å². The molecule has 1 fully saturated rings. The molecule has 0 saturated heterocycles. The molecule has 0 radical (unpaired) electrons. The maximum absolute atomic E-state index is 12.9. The minimum Gasteiger partial charge on any atom is -0.376 e. The molecule has 25 heavy (non-hydrogen) atoms. The lowest BCUT2D eigenvalue weighted by atomic mass is 9.95. The number of nitrogens with one attached hydrogen (secondary N) is 1. The second-order valence-electron chi connectivity index (χ2n) is 6.61. The van der Waals surface area contributed by atoms with Crippen molar-refractivity contribution < 1.29 is 9.59 Å². The first kappa shape index (κ1) is 16.2. The van der Waals surface area contributed by atoms with Crippen LogP contribution in [-0.2, 0) is 9.59 Å². The van der Waals surface area contributed by atoms with Gasteiger partial charge in [-0.1, -0.05) is 67.3 Å². The fraction of sp³-hybridized carbons (Fsp3) is 0.300. The fourth-order valence-electron chi connectivity index (χ4n) is 3.70. The van der Waals surface area contributed by atoms with Gasteiger partial charge in [0.15, 0.2) is 0 Å². The third-order valence-corrected chi connectivity index (χ3v) is 5.34. The summed E-state index contributed by atoms with van der Waals surface area (Å²) in [6.07, 6.45) is 5.50. The summed E-state index contributed by atoms with van der Waals surface area (Å²) in [5, 5.41) is 5.05. The predicted molar refractivity (Wildman–Crippen MR) is 99.3 cm³/mol. The normalized spacial score (nSPS) is 19.2. The number of rotatable bonds is 3. The molecule has 2 aromatic rings. The van der Waals surface area contributed by atoms with Crippen LogP contribution in [0, 0.1) is 0 Å². The van der Waals surface area contributed by atoms with Gasteiger partial charge in [0.1, 0.15) is 10.7 Å². The number of nitrogens with zero attached hydrogens (tertiary/aromatic N) is 1. The van der Waals surface area contributed by atoms with Gasteiger partial charge in [0, 0.05) is 11.4 Å². The van der Waals surface area contributed by atoms with E-state index in [-0.39, 0.29) is 22.7 Å². The van der Waals surface area contributed by atoms with Gasteiger partial charge in [-0.15, -0.1) is 0 Å². The van der Waals surface area contributed by atoms with Crippen LogP contribution in [0.5, 0.6) is 0 Å². The van der Waals surface area contributed by atoms with Crippen LogP contribution in [0.1, 0.15) is 32.1 Å². The second-order valence-corrected chi connectivity index (χ2v) is 6.99. The van der Waals surface area contributed by atoms with E-state index in [2.05, 4.69) is 5.32 Å². The molecule has 1 N–H and O–H groups in total. The standard InChI is InChI=1S/C20H19ClN2O2/c21-17-18(22-14-9-2-1-3-10-14)20(25)23(19(17)24)16-12-6-8-13-7-4-5-11-15(13)16/h4-8,11-12,14,22H,1-3,9-10H2. The Morgan fingerprint density at radius 1 is 0.920 bits per heavy atom. The van der Waals surface area contributed by atoms with E-state index in [1.165, 1.54) is 11.3 Å². The molecule has 4 rings (SSSR count). The summed E-state index contributed by atoms with van der Waals surface area (Å²) < 4.78 is 0. The smallest absolute Gasteiger partial charge is 0.283 e. The van der Waals surface area contributed by atoms with Crippen molar-refractivity contribution >= 4 is 39.9 Å². The molecule has 0 unspecified atom stereocenters. The van der Waals surface area contributed by atoms with E-state index in [0.717, 1.165) is 36.5 Å². The van der Waals surface area contributed by atoms with Crippen molar-refractivity contribution in [2.45, 2.75) is 38.1 Å². The first-order chi connectivity index (χ1) is 12.2. The topological polar surface area (TPSA) is 49.4 Å². The molecule has 0 bridgehead atoms. The van der Waals surface area contributed by atoms with Crippen molar-refractivity contribution in [3.05, 3.63) is 53.2 Å². The molecule has 128 valence electrons. The van der Waals surface area contributed by atoms with Crippen molar-refractivity contribution in [2.75, 3.05) is 4.90 Å². The molecular weight excluding hydrogens is 336 g/mol. The van der Waals surface area contributed by atoms with Gasteiger partial charge in [0.2, 0.25) is 0 Å². The molecule has 5 heteroatoms. The van der Waals surface area contributed by atoms with Crippen LogP contribution < -0.4 is 10.2 Å². The zero-order valence-corrected chi connectivity index (χ0v) is 14.6. The highest BCUT2D eigenvalue weighted by Gasteiger charge is 2.40. The Labute approximate surface area is 151 Å². The van der Waals surface area contributed by atoms with Gasteiger partial charge in [-0.2, -0.15) is 0 Å². The number of imide groups is 1. The molecule has 1 aliphatic heterocycles. The number of carbonyl (C=O) groups excluding carboxylic acids is 2. The first-order valence-electron chi connectivity index (χ1n) is 8.69. The summed E-state index contributed by atoms with van der Waals surface area (Å²) in [7, 11) is 0. The molecule has 2 aromatic carbocycles. The summed E-state index contributed by atoms with van der Waals surface area (Å²) in [6, 6.07) is 13.5. The minimum absolute atomic E-state index is 0.0106. The molecule has 1 aliphatic carbocycles. The molecule has 2 amide bonds. The average molecular weight is 355 g/mol. The van der Waals surface area contributed by atoms with Gasteiger partial charge in [-0.3, -0.25) is 9.59 Å². The average Bonchev–Trinajstić information content (AvgIpc) is 2.86. The number of halogens is 1. The summed E-state index contributed by atoms with van der Waals surface area (Å²) in [5.41, 5.74) is 0.818. The zero-order valence-electron chi connectivity index (χ0n) is 13.8. The second kappa shape index (κ2) is 6.52. The Morgan fingerprint density at radius 3 is 2.44 bits per heavy atom. The van der Waals surface area contributed by atoms with Crippen LogP contribution in [0.2, 0.25) is 0 Å². The molecule has 1 saturated carbocycles. The molecule has 1 heterocycles. The molecule has 0 spiro atoms. The maximum atomic E-state index is 12.9. The highest BCUT2D eigenvalue weighted by Crippen LogP contribution is 2.34. The van der Waals surface area contributed by atoms with E-state index in [0.29, 0.717) is 5.69 Å². The lowest BCUT2D eigenvalue weighted by Gasteiger charge is -2.24. The predicted octanol–water partition coefficient (Wildman–Crippen LogP) is 4.09. The number of anilines is 1. The molecule has 2 aliphatic rings. The van der Waals surface area contributed by atoms with Gasteiger partial charge >= 0.3 is 0 Å². The van der Waals surface area contributed by atoms with Crippen LogP contribution in [0.15, 0.2) is 53.2 Å². The van der Waals surface area contributed by atoms with Crippen LogP contribution in [0.3, 0.4) is 0 Å². The lowest BCUT2D eigenvalue weighted by molar-refractivity contribution is -0.120. The zero-order chi connectivity index (χ0) is 17.4. The molecule has 0 atom stereocenters. The van der Waals surface area contributed by atoms with Gasteiger partial charge in [-0.05, 0) is 24.3 Å². The first-order valence-corrected chi connectivity index (χ1v) is 9.07. The third-order valence-electron chi connectivity index (χ3n) is 4.99. The molecule has 0 aromatic heterocycles. The van der Waals surface area contributed by atoms with E-state index >= 15 is 0 Å². The number of hydrogen-bond donors (Lipinski definition) is 1. The van der Waals surface area contributed by atoms with Crippen LogP contribution in [0.25, 0.3) is 10.8 Å². The maximum Gasteiger partial charge on any atom is 0.283 e. The van der Waals surface area contributed by atoms with Crippen molar-refractivity contribution in [1.29, 1.82) is 0 Å². The van der Waals surface area contributed by atoms with Gasteiger partial charge in [-0.25, -0.2) is 4.90 Å². The minimum atomic E-state index is -0.457. The van der Waals surface area contributed by atoms with E-state index in [9.17, 15) is 9.59 Å². The highest BCUT2D eigenvalue weighted by molar-refractivity contribution is 6.53. The van der Waals surface area contributed by atoms with E-state index in [1.54, 1.807) is 6.07 Å². The van der Waals surface area contributed by atoms with E-state index in [1.807, 2.05) is 36.4 Å². The Hall–Kier alpha value is -2.33. The number of carbonyl (C=O) groups is 2. The Morgan fingerprint density at radius 2 is 1.64 bits per heavy atom. The Balaban J connectivity index is 1.68. The number of benzene rings is 2. The highest BCUT2D eigenvalue weighted by atomic mass is 35.5. The monoisotopic (exact) mass is 354 g/mol. The van der Waals surface area contributed by atoms with Crippen molar-refractivity contribution in [1.82, 2.24) is 5.32 Å². The number of fused-ring (bicyclic) bond motifs is 1. The number of hydrogen-bond acceptors (Lipinski definition) is 3. The Bertz CT molecular complexity index is 879. The van der Waals surface area contributed by atoms with Gasteiger partial charge in [0.05, 0.1) is 5.69 Å². The quantitative estimate of drug-likeness (QED) is 0.845. The van der Waals surface area contributed by atoms with Crippen molar-refractivity contribution in [3.63, 3.8) is 0 Å². The summed E-state index contributed by atoms with van der Waals surface area (Å²) in [4.78, 5) is 26.8. The summed E-state index contributed by atoms with van der Waals surface area (Å²) in [6.45, 7) is 0. The van der Waals surface area contributed by atoms with Gasteiger partial charge in [0.25, 0.3) is 11.8 Å². The summed E-state index contributed by atoms with van der Waals surface area (Å²) >= 11 is 6.24. The van der Waals surface area contributed by atoms with E-state index < -0.39 is 5.91 Å². The van der Waals surface area contributed by atoms with Crippen molar-refractivity contribution in [3.8, 4) is 0 Å². The lowest BCUT2D eigenvalue weighted by Crippen LogP contribution is -2.37. The van der Waals surface area contributed by atoms with Gasteiger partial charge < -0.3 is 5.32 Å². The molecule has 4 nitrogen and oxygen atoms in total. The van der Waals surface area contributed by atoms with E-state index in [4.69, 9.17) is 11.6 Å². The fourth-order valence-corrected chi connectivity index (χ4v) is 3.92. The van der Waals surface area contributed by atoms with Crippen LogP contribution in [0.4, 0.5) is 5.69 Å². The summed E-state index contributed by atoms with van der Waals surface area (Å²) in [5.74, 6) is -0.821. The third kappa shape index (κ3) is 2.81. The SMILES string of the molecule is O=C1C(Cl)=C(NC2CCCCC2)C(=O)N1c1cccc2ccccc12. The largest absolute Gasteiger partial charge is 0.376 e. The van der Waals surface area contributed by atoms with Crippen LogP contribution >= 0.6 is 11.6 Å². The Kier molecular flexibility index (Phi) is 4.22.